The minimum atomic E-state index is -1.29. The zero-order valence-electron chi connectivity index (χ0n) is 19.9. The van der Waals surface area contributed by atoms with Crippen LogP contribution in [0.25, 0.3) is 0 Å². The monoisotopic (exact) mass is 483 g/mol. The van der Waals surface area contributed by atoms with Gasteiger partial charge in [-0.05, 0) is 43.2 Å². The average Bonchev–Trinajstić information content (AvgIpc) is 2.86. The molecule has 9 unspecified atom stereocenters. The molecule has 0 aromatic carbocycles. The minimum Gasteiger partial charge on any atom is -0.478 e. The van der Waals surface area contributed by atoms with Gasteiger partial charge in [0, 0.05) is 37.0 Å². The number of rotatable bonds is 5. The highest BCUT2D eigenvalue weighted by Gasteiger charge is 2.59. The summed E-state index contributed by atoms with van der Waals surface area (Å²) >= 11 is 0. The number of carboxylic acids is 1. The van der Waals surface area contributed by atoms with Crippen LogP contribution in [0.5, 0.6) is 0 Å². The summed E-state index contributed by atoms with van der Waals surface area (Å²) in [4.78, 5) is 31.6. The first kappa shape index (κ1) is 23.1. The zero-order valence-corrected chi connectivity index (χ0v) is 19.9. The van der Waals surface area contributed by atoms with E-state index in [2.05, 4.69) is 15.2 Å². The highest BCUT2D eigenvalue weighted by Crippen LogP contribution is 2.50. The molecule has 3 heterocycles. The van der Waals surface area contributed by atoms with Gasteiger partial charge in [0.1, 0.15) is 11.7 Å². The molecule has 4 fully saturated rings. The summed E-state index contributed by atoms with van der Waals surface area (Å²) in [6.45, 7) is 0.558. The molecule has 35 heavy (non-hydrogen) atoms. The maximum absolute atomic E-state index is 15.6. The van der Waals surface area contributed by atoms with Gasteiger partial charge in [0.25, 0.3) is 0 Å². The molecule has 0 radical (unpaired) electrons. The third-order valence-corrected chi connectivity index (χ3v) is 9.20. The molecule has 1 aromatic heterocycles. The number of aliphatic carboxylic acids is 1. The standard InChI is InChI=1S/C27H34FN3O4/c28-20-13-18-24-26(23(20)30-10-8-17-7-3-4-9-29-17)35-22-12-16-6-2-1-5-15(16)11-21(22)31(24)14-19(25(18)32)27(33)34/h3-4,7,9,14-16,18,20-24,26,30H,1-2,5-6,8,10-13H2,(H,33,34). The summed E-state index contributed by atoms with van der Waals surface area (Å²) in [6, 6.07) is 4.94. The Labute approximate surface area is 205 Å². The lowest BCUT2D eigenvalue weighted by Gasteiger charge is -2.60. The quantitative estimate of drug-likeness (QED) is 0.623. The van der Waals surface area contributed by atoms with Gasteiger partial charge in [-0.15, -0.1) is 0 Å². The predicted molar refractivity (Wildman–Crippen MR) is 126 cm³/mol. The number of ketones is 1. The Bertz CT molecular complexity index is 1000. The zero-order chi connectivity index (χ0) is 24.1. The number of alkyl halides is 1. The van der Waals surface area contributed by atoms with Gasteiger partial charge in [-0.3, -0.25) is 9.78 Å². The second kappa shape index (κ2) is 9.28. The number of halogens is 1. The highest BCUT2D eigenvalue weighted by atomic mass is 19.1. The molecule has 3 aliphatic carbocycles. The molecule has 3 saturated carbocycles. The molecule has 0 bridgehead atoms. The SMILES string of the molecule is O=C(O)C1=CN2C3CC4CCCCC4CC3OC3C(NCCc4ccccn4)C(F)CC(C1=O)C32. The summed E-state index contributed by atoms with van der Waals surface area (Å²) in [5, 5.41) is 13.2. The second-order valence-electron chi connectivity index (χ2n) is 11.0. The lowest BCUT2D eigenvalue weighted by molar-refractivity contribution is -0.208. The van der Waals surface area contributed by atoms with Gasteiger partial charge in [-0.2, -0.15) is 0 Å². The van der Waals surface area contributed by atoms with Gasteiger partial charge in [0.2, 0.25) is 0 Å². The van der Waals surface area contributed by atoms with Crippen LogP contribution in [0.15, 0.2) is 36.2 Å². The van der Waals surface area contributed by atoms with Crippen LogP contribution in [0.4, 0.5) is 4.39 Å². The van der Waals surface area contributed by atoms with Gasteiger partial charge >= 0.3 is 5.97 Å². The first-order chi connectivity index (χ1) is 17.0. The Balaban J connectivity index is 1.29. The van der Waals surface area contributed by atoms with Crippen LogP contribution in [-0.4, -0.2) is 69.8 Å². The van der Waals surface area contributed by atoms with Gasteiger partial charge in [-0.25, -0.2) is 9.18 Å². The third kappa shape index (κ3) is 4.08. The summed E-state index contributed by atoms with van der Waals surface area (Å²) in [6.07, 6.45) is 8.97. The van der Waals surface area contributed by atoms with E-state index < -0.39 is 36.0 Å². The third-order valence-electron chi connectivity index (χ3n) is 9.20. The number of fused-ring (bicyclic) bond motifs is 3. The Kier molecular flexibility index (Phi) is 6.13. The summed E-state index contributed by atoms with van der Waals surface area (Å²) in [5.41, 5.74) is 0.734. The number of ether oxygens (including phenoxy) is 1. The van der Waals surface area contributed by atoms with Crippen molar-refractivity contribution in [3.05, 3.63) is 41.9 Å². The van der Waals surface area contributed by atoms with Crippen molar-refractivity contribution >= 4 is 11.8 Å². The van der Waals surface area contributed by atoms with E-state index in [0.29, 0.717) is 24.8 Å². The van der Waals surface area contributed by atoms with Crippen molar-refractivity contribution in [2.45, 2.75) is 87.9 Å². The lowest BCUT2D eigenvalue weighted by Crippen LogP contribution is -2.73. The molecular formula is C27H34FN3O4. The number of carboxylic acid groups (broad SMARTS) is 1. The number of carbonyl (C=O) groups is 2. The highest BCUT2D eigenvalue weighted by molar-refractivity contribution is 6.18. The summed E-state index contributed by atoms with van der Waals surface area (Å²) in [5.74, 6) is -1.12. The summed E-state index contributed by atoms with van der Waals surface area (Å²) < 4.78 is 22.4. The predicted octanol–water partition coefficient (Wildman–Crippen LogP) is 2.90. The topological polar surface area (TPSA) is 91.8 Å². The molecule has 2 aliphatic heterocycles. The van der Waals surface area contributed by atoms with E-state index in [1.165, 1.54) is 25.7 Å². The average molecular weight is 484 g/mol. The molecule has 9 atom stereocenters. The van der Waals surface area contributed by atoms with E-state index in [1.807, 2.05) is 18.2 Å². The van der Waals surface area contributed by atoms with Crippen molar-refractivity contribution in [1.29, 1.82) is 0 Å². The smallest absolute Gasteiger partial charge is 0.340 e. The van der Waals surface area contributed by atoms with Crippen molar-refractivity contribution in [1.82, 2.24) is 15.2 Å². The molecule has 1 saturated heterocycles. The van der Waals surface area contributed by atoms with E-state index in [1.54, 1.807) is 12.4 Å². The Morgan fingerprint density at radius 2 is 2.00 bits per heavy atom. The van der Waals surface area contributed by atoms with Crippen LogP contribution in [-0.2, 0) is 20.7 Å². The van der Waals surface area contributed by atoms with E-state index in [4.69, 9.17) is 4.74 Å². The van der Waals surface area contributed by atoms with Crippen molar-refractivity contribution < 1.29 is 23.8 Å². The number of nitrogens with one attached hydrogen (secondary N) is 1. The fourth-order valence-corrected chi connectivity index (χ4v) is 7.60. The molecule has 0 amide bonds. The number of morpholine rings is 1. The molecule has 8 heteroatoms. The second-order valence-corrected chi connectivity index (χ2v) is 11.0. The number of aromatic nitrogens is 1. The van der Waals surface area contributed by atoms with Crippen molar-refractivity contribution in [2.24, 2.45) is 17.8 Å². The van der Waals surface area contributed by atoms with Gasteiger partial charge in [0.05, 0.1) is 30.3 Å². The number of hydrogen-bond acceptors (Lipinski definition) is 6. The molecule has 5 aliphatic rings. The molecule has 6 rings (SSSR count). The largest absolute Gasteiger partial charge is 0.478 e. The first-order valence-corrected chi connectivity index (χ1v) is 13.2. The molecular weight excluding hydrogens is 449 g/mol. The fourth-order valence-electron chi connectivity index (χ4n) is 7.60. The van der Waals surface area contributed by atoms with E-state index in [9.17, 15) is 14.7 Å². The maximum Gasteiger partial charge on any atom is 0.340 e. The number of Topliss-reactive ketones (excluding diaryl/α,β-unsaturated/α-hetero) is 1. The van der Waals surface area contributed by atoms with Crippen molar-refractivity contribution in [2.75, 3.05) is 6.54 Å². The minimum absolute atomic E-state index is 0.0230. The van der Waals surface area contributed by atoms with Crippen LogP contribution < -0.4 is 5.32 Å². The number of hydrogen-bond donors (Lipinski definition) is 2. The van der Waals surface area contributed by atoms with E-state index in [-0.39, 0.29) is 30.2 Å². The molecule has 188 valence electrons. The number of carbonyl (C=O) groups excluding carboxylic acids is 1. The number of pyridine rings is 1. The fraction of sp³-hybridized carbons (Fsp3) is 0.667. The van der Waals surface area contributed by atoms with Crippen LogP contribution in [0.1, 0.15) is 50.6 Å². The van der Waals surface area contributed by atoms with Crippen LogP contribution in [0, 0.1) is 17.8 Å². The molecule has 1 aromatic rings. The van der Waals surface area contributed by atoms with Gasteiger partial charge < -0.3 is 20.1 Å². The first-order valence-electron chi connectivity index (χ1n) is 13.2. The maximum atomic E-state index is 15.6. The van der Waals surface area contributed by atoms with Crippen molar-refractivity contribution in [3.8, 4) is 0 Å². The Morgan fingerprint density at radius 3 is 2.74 bits per heavy atom. The van der Waals surface area contributed by atoms with Gasteiger partial charge in [0.15, 0.2) is 5.78 Å². The molecule has 0 spiro atoms. The van der Waals surface area contributed by atoms with Crippen LogP contribution in [0.2, 0.25) is 0 Å². The van der Waals surface area contributed by atoms with Crippen LogP contribution >= 0.6 is 0 Å². The summed E-state index contributed by atoms with van der Waals surface area (Å²) in [7, 11) is 0. The normalized spacial score (nSPS) is 40.3. The van der Waals surface area contributed by atoms with Gasteiger partial charge in [-0.1, -0.05) is 31.7 Å². The Hall–Kier alpha value is -2.32. The van der Waals surface area contributed by atoms with E-state index >= 15 is 4.39 Å². The van der Waals surface area contributed by atoms with E-state index in [0.717, 1.165) is 18.5 Å². The lowest BCUT2D eigenvalue weighted by atomic mass is 9.65. The molecule has 2 N–H and O–H groups in total. The van der Waals surface area contributed by atoms with Crippen molar-refractivity contribution in [3.63, 3.8) is 0 Å². The molecule has 7 nitrogen and oxygen atoms in total. The Morgan fingerprint density at radius 1 is 1.20 bits per heavy atom. The number of nitrogens with zero attached hydrogens (tertiary/aromatic N) is 2. The van der Waals surface area contributed by atoms with Crippen LogP contribution in [0.3, 0.4) is 0 Å².